The van der Waals surface area contributed by atoms with Gasteiger partial charge < -0.3 is 0 Å². The molecule has 0 fully saturated rings. The van der Waals surface area contributed by atoms with Gasteiger partial charge in [-0.05, 0) is 184 Å². The Morgan fingerprint density at radius 3 is 0.698 bits per heavy atom. The van der Waals surface area contributed by atoms with Crippen molar-refractivity contribution in [2.45, 2.75) is 162 Å². The minimum absolute atomic E-state index is 0.0228. The monoisotopic (exact) mass is 779 g/mol. The first kappa shape index (κ1) is 51.2. The molecule has 0 aromatic heterocycles. The van der Waals surface area contributed by atoms with Gasteiger partial charge in [-0.2, -0.15) is 4.31 Å². The van der Waals surface area contributed by atoms with Gasteiger partial charge in [-0.1, -0.05) is 68.9 Å². The first-order chi connectivity index (χ1) is 24.6. The predicted molar refractivity (Wildman–Crippen MR) is 228 cm³/mol. The maximum Gasteiger partial charge on any atom is 0.484 e. The van der Waals surface area contributed by atoms with Gasteiger partial charge in [0.25, 0.3) is 0 Å². The highest BCUT2D eigenvalue weighted by molar-refractivity contribution is 7.62. The van der Waals surface area contributed by atoms with Crippen molar-refractivity contribution in [1.82, 2.24) is 0 Å². The fraction of sp³-hybridized carbons (Fsp3) is 0.636. The average Bonchev–Trinajstić information content (AvgIpc) is 3.06. The van der Waals surface area contributed by atoms with Crippen LogP contribution in [0.1, 0.15) is 162 Å². The van der Waals surface area contributed by atoms with E-state index in [2.05, 4.69) is 79.7 Å². The van der Waals surface area contributed by atoms with E-state index >= 15 is 0 Å². The van der Waals surface area contributed by atoms with Crippen molar-refractivity contribution in [3.63, 3.8) is 0 Å². The van der Waals surface area contributed by atoms with Gasteiger partial charge in [0.2, 0.25) is 0 Å². The molecule has 0 N–H and O–H groups in total. The third kappa shape index (κ3) is 25.1. The SMILES string of the molecule is CC(C)=CCC/C(C)=C(\C)COP(=O)(OC/C(C)=C(\C)CCC=C(C)C)OP(=O)(OC/C(C)=C(\C)CCC=C(C)C)OC/C(C)=C(\C)CCC=C(C)C. The molecule has 0 amide bonds. The van der Waals surface area contributed by atoms with Crippen LogP contribution >= 0.6 is 15.6 Å². The van der Waals surface area contributed by atoms with Crippen LogP contribution in [0.5, 0.6) is 0 Å². The van der Waals surface area contributed by atoms with E-state index in [1.165, 1.54) is 22.3 Å². The summed E-state index contributed by atoms with van der Waals surface area (Å²) >= 11 is 0. The van der Waals surface area contributed by atoms with Crippen molar-refractivity contribution in [2.24, 2.45) is 0 Å². The second-order valence-electron chi connectivity index (χ2n) is 15.6. The molecule has 0 radical (unpaired) electrons. The third-order valence-corrected chi connectivity index (χ3v) is 12.5. The molecule has 0 atom stereocenters. The highest BCUT2D eigenvalue weighted by Crippen LogP contribution is 2.66. The Balaban J connectivity index is 6.66. The molecule has 304 valence electrons. The summed E-state index contributed by atoms with van der Waals surface area (Å²) in [5, 5.41) is 0. The molecule has 53 heavy (non-hydrogen) atoms. The molecule has 0 unspecified atom stereocenters. The van der Waals surface area contributed by atoms with E-state index in [9.17, 15) is 9.13 Å². The molecule has 0 bridgehead atoms. The van der Waals surface area contributed by atoms with Crippen LogP contribution in [0.25, 0.3) is 0 Å². The second kappa shape index (κ2) is 26.9. The van der Waals surface area contributed by atoms with Crippen molar-refractivity contribution in [2.75, 3.05) is 26.4 Å². The van der Waals surface area contributed by atoms with Gasteiger partial charge in [0.15, 0.2) is 0 Å². The molecule has 0 saturated heterocycles. The molecule has 7 nitrogen and oxygen atoms in total. The van der Waals surface area contributed by atoms with Crippen LogP contribution in [0.3, 0.4) is 0 Å². The molecule has 0 spiro atoms. The van der Waals surface area contributed by atoms with Gasteiger partial charge in [-0.15, -0.1) is 0 Å². The Morgan fingerprint density at radius 1 is 0.340 bits per heavy atom. The van der Waals surface area contributed by atoms with E-state index in [0.717, 1.165) is 96.0 Å². The summed E-state index contributed by atoms with van der Waals surface area (Å²) in [6.45, 7) is 32.4. The first-order valence-electron chi connectivity index (χ1n) is 19.2. The zero-order valence-corrected chi connectivity index (χ0v) is 38.3. The highest BCUT2D eigenvalue weighted by Gasteiger charge is 2.41. The van der Waals surface area contributed by atoms with Gasteiger partial charge in [0, 0.05) is 0 Å². The largest absolute Gasteiger partial charge is 0.484 e. The van der Waals surface area contributed by atoms with Crippen LogP contribution in [0.2, 0.25) is 0 Å². The van der Waals surface area contributed by atoms with Crippen LogP contribution < -0.4 is 0 Å². The minimum atomic E-state index is -4.49. The van der Waals surface area contributed by atoms with Crippen LogP contribution in [0.4, 0.5) is 0 Å². The average molecular weight is 779 g/mol. The molecule has 0 rings (SSSR count). The summed E-state index contributed by atoms with van der Waals surface area (Å²) in [5.74, 6) is 0. The summed E-state index contributed by atoms with van der Waals surface area (Å²) in [4.78, 5) is 0. The molecule has 9 heteroatoms. The lowest BCUT2D eigenvalue weighted by Crippen LogP contribution is -2.09. The molecule has 0 saturated carbocycles. The van der Waals surface area contributed by atoms with Gasteiger partial charge in [-0.3, -0.25) is 18.1 Å². The van der Waals surface area contributed by atoms with Gasteiger partial charge in [0.1, 0.15) is 0 Å². The summed E-state index contributed by atoms with van der Waals surface area (Å²) < 4.78 is 58.9. The fourth-order valence-electron chi connectivity index (χ4n) is 4.65. The number of phosphoric acid groups is 2. The zero-order valence-electron chi connectivity index (χ0n) is 36.5. The van der Waals surface area contributed by atoms with Crippen molar-refractivity contribution in [3.05, 3.63) is 91.2 Å². The number of allylic oxidation sites excluding steroid dienone is 12. The van der Waals surface area contributed by atoms with Crippen LogP contribution in [0.15, 0.2) is 91.2 Å². The number of rotatable bonds is 26. The molecule has 0 aliphatic carbocycles. The second-order valence-corrected chi connectivity index (χ2v) is 19.1. The van der Waals surface area contributed by atoms with Gasteiger partial charge in [0.05, 0.1) is 26.4 Å². The standard InChI is InChI=1S/C44H76O7P2/c1-33(2)21-17-25-37(9)41(13)29-47-52(45,48-30-42(14)38(10)26-18-22-34(3)4)51-53(46,49-31-43(15)39(11)27-19-23-35(5)6)50-32-44(16)40(12)28-20-24-36(7)8/h21-24H,17-20,25-32H2,1-16H3/b41-37+,42-38+,43-39+,44-40+. The minimum Gasteiger partial charge on any atom is -0.282 e. The molecular weight excluding hydrogens is 702 g/mol. The molecule has 0 aliphatic rings. The molecule has 0 aromatic rings. The lowest BCUT2D eigenvalue weighted by molar-refractivity contribution is 0.125. The topological polar surface area (TPSA) is 80.3 Å². The Bertz CT molecular complexity index is 1280. The van der Waals surface area contributed by atoms with E-state index in [4.69, 9.17) is 22.4 Å². The van der Waals surface area contributed by atoms with E-state index in [0.29, 0.717) is 0 Å². The summed E-state index contributed by atoms with van der Waals surface area (Å²) in [6.07, 6.45) is 15.7. The lowest BCUT2D eigenvalue weighted by Gasteiger charge is -2.25. The van der Waals surface area contributed by atoms with Crippen LogP contribution in [-0.4, -0.2) is 26.4 Å². The Morgan fingerprint density at radius 2 is 0.528 bits per heavy atom. The molecule has 0 aromatic carbocycles. The quantitative estimate of drug-likeness (QED) is 0.0639. The Hall–Kier alpha value is -1.82. The molecule has 0 aliphatic heterocycles. The van der Waals surface area contributed by atoms with E-state index < -0.39 is 15.6 Å². The molecular formula is C44H76O7P2. The fourth-order valence-corrected chi connectivity index (χ4v) is 7.94. The number of hydrogen-bond donors (Lipinski definition) is 0. The zero-order chi connectivity index (χ0) is 40.8. The van der Waals surface area contributed by atoms with Gasteiger partial charge >= 0.3 is 15.6 Å². The summed E-state index contributed by atoms with van der Waals surface area (Å²) in [7, 11) is -8.98. The summed E-state index contributed by atoms with van der Waals surface area (Å²) in [6, 6.07) is 0. The van der Waals surface area contributed by atoms with Crippen molar-refractivity contribution < 1.29 is 31.5 Å². The Labute approximate surface area is 326 Å². The van der Waals surface area contributed by atoms with Crippen molar-refractivity contribution in [3.8, 4) is 0 Å². The van der Waals surface area contributed by atoms with Crippen LogP contribution in [-0.2, 0) is 31.5 Å². The summed E-state index contributed by atoms with van der Waals surface area (Å²) in [5.41, 5.74) is 13.1. The maximum atomic E-state index is 14.6. The van der Waals surface area contributed by atoms with Crippen LogP contribution in [0, 0.1) is 0 Å². The maximum absolute atomic E-state index is 14.6. The van der Waals surface area contributed by atoms with Crippen molar-refractivity contribution >= 4 is 15.6 Å². The Kier molecular flexibility index (Phi) is 26.0. The number of phosphoric ester groups is 2. The van der Waals surface area contributed by atoms with E-state index in [1.807, 2.05) is 55.4 Å². The van der Waals surface area contributed by atoms with Gasteiger partial charge in [-0.25, -0.2) is 9.13 Å². The normalized spacial score (nSPS) is 14.0. The first-order valence-corrected chi connectivity index (χ1v) is 22.2. The van der Waals surface area contributed by atoms with E-state index in [-0.39, 0.29) is 26.4 Å². The number of hydrogen-bond acceptors (Lipinski definition) is 7. The smallest absolute Gasteiger partial charge is 0.282 e. The third-order valence-electron chi connectivity index (χ3n) is 9.16. The van der Waals surface area contributed by atoms with Crippen molar-refractivity contribution in [1.29, 1.82) is 0 Å². The predicted octanol–water partition coefficient (Wildman–Crippen LogP) is 15.6. The van der Waals surface area contributed by atoms with E-state index in [1.54, 1.807) is 0 Å². The lowest BCUT2D eigenvalue weighted by atomic mass is 10.1. The highest BCUT2D eigenvalue weighted by atomic mass is 31.3. The molecule has 0 heterocycles.